The van der Waals surface area contributed by atoms with E-state index in [1.54, 1.807) is 157 Å². The predicted octanol–water partition coefficient (Wildman–Crippen LogP) is 20.1. The van der Waals surface area contributed by atoms with Crippen molar-refractivity contribution >= 4 is 160 Å². The van der Waals surface area contributed by atoms with E-state index in [1.807, 2.05) is 6.07 Å². The Bertz CT molecular complexity index is 6310. The van der Waals surface area contributed by atoms with E-state index in [0.29, 0.717) is 115 Å². The molecule has 2 saturated heterocycles. The molecule has 4 aliphatic carbocycles. The van der Waals surface area contributed by atoms with E-state index in [2.05, 4.69) is 126 Å². The molecule has 722 valence electrons. The molecule has 0 spiro atoms. The molecule has 11 aromatic rings. The lowest BCUT2D eigenvalue weighted by atomic mass is 9.53. The van der Waals surface area contributed by atoms with Gasteiger partial charge < -0.3 is 89.5 Å². The first-order chi connectivity index (χ1) is 64.2. The zero-order valence-corrected chi connectivity index (χ0v) is 80.9. The Morgan fingerprint density at radius 2 is 0.904 bits per heavy atom. The maximum absolute atomic E-state index is 13.8. The van der Waals surface area contributed by atoms with E-state index in [4.69, 9.17) is 30.5 Å². The van der Waals surface area contributed by atoms with Gasteiger partial charge in [0, 0.05) is 137 Å². The first-order valence-electron chi connectivity index (χ1n) is 43.5. The van der Waals surface area contributed by atoms with Crippen molar-refractivity contribution in [2.75, 3.05) is 168 Å². The SMILES string of the molecule is CC(=O)c1cccc(Nc2nc(Nc3ccc(P(C)(C)=O)cc3)ncc2C(F)(F)F)c1.COc1cc(N2CCC(N3CCN(C)CC3)CC2)ccc1Nc1ncc(Cl)c(Nc2ncc(P(C)(C)=O)nc2OC)n1.CP(C)(=O)c1ccc(Nc2ncc(C(F)(F)F)c(NC34CC5CC(CC(C5)C3)C4)n2)cc1.CP(C)(=O)c1ccc(Nc2ncc(C(F)(F)F)c(Nc3ccc4c(c3)OCO4)n2)cc1. The number of aromatic nitrogens is 10. The fourth-order valence-electron chi connectivity index (χ4n) is 17.2. The molecule has 5 aromatic heterocycles. The average Bonchev–Trinajstić information content (AvgIpc) is 0.748. The molecule has 0 atom stereocenters. The number of rotatable bonds is 25. The topological polar surface area (TPSA) is 357 Å². The van der Waals surface area contributed by atoms with Crippen LogP contribution in [-0.4, -0.2) is 198 Å². The zero-order chi connectivity index (χ0) is 97.6. The van der Waals surface area contributed by atoms with Crippen LogP contribution in [0.3, 0.4) is 0 Å². The number of fused-ring (bicyclic) bond motifs is 1. The fourth-order valence-corrected chi connectivity index (χ4v) is 20.6. The molecule has 6 fully saturated rings. The lowest BCUT2D eigenvalue weighted by Gasteiger charge is -2.57. The van der Waals surface area contributed by atoms with Gasteiger partial charge in [-0.2, -0.15) is 59.4 Å². The molecular formula is C92H105ClF9N21O9P4. The fraction of sp³-hybridized carbons (Fsp3) is 0.380. The average molecular weight is 1980 g/mol. The first kappa shape index (κ1) is 100. The number of hydrogen-bond donors (Lipinski definition) is 8. The van der Waals surface area contributed by atoms with Gasteiger partial charge in [0.2, 0.25) is 30.6 Å². The van der Waals surface area contributed by atoms with Crippen LogP contribution in [-0.2, 0) is 36.8 Å². The van der Waals surface area contributed by atoms with Gasteiger partial charge in [-0.1, -0.05) is 23.7 Å². The number of nitrogens with one attached hydrogen (secondary N) is 8. The minimum Gasteiger partial charge on any atom is -0.494 e. The summed E-state index contributed by atoms with van der Waals surface area (Å²) in [5, 5.41) is 26.0. The molecule has 3 aliphatic heterocycles. The van der Waals surface area contributed by atoms with Gasteiger partial charge in [-0.25, -0.2) is 29.9 Å². The molecular weight excluding hydrogens is 1870 g/mol. The number of anilines is 16. The van der Waals surface area contributed by atoms with Crippen molar-refractivity contribution < 1.29 is 81.5 Å². The Morgan fingerprint density at radius 3 is 1.37 bits per heavy atom. The highest BCUT2D eigenvalue weighted by molar-refractivity contribution is 7.71. The summed E-state index contributed by atoms with van der Waals surface area (Å²) < 4.78 is 193. The Kier molecular flexibility index (Phi) is 30.4. The van der Waals surface area contributed by atoms with Crippen molar-refractivity contribution in [3.63, 3.8) is 0 Å². The summed E-state index contributed by atoms with van der Waals surface area (Å²) in [6.45, 7) is 21.3. The van der Waals surface area contributed by atoms with E-state index in [0.717, 1.165) is 94.2 Å². The van der Waals surface area contributed by atoms with Gasteiger partial charge in [0.05, 0.1) is 32.3 Å². The molecule has 0 radical (unpaired) electrons. The number of ketones is 1. The summed E-state index contributed by atoms with van der Waals surface area (Å²) >= 11 is 6.40. The molecule has 6 aromatic carbocycles. The predicted molar refractivity (Wildman–Crippen MR) is 516 cm³/mol. The number of Topliss-reactive ketones (excluding diaryl/α,β-unsaturated/α-hetero) is 1. The number of ether oxygens (including phenoxy) is 4. The molecule has 30 nitrogen and oxygen atoms in total. The smallest absolute Gasteiger partial charge is 0.421 e. The number of piperazine rings is 1. The number of carbonyl (C=O) groups is 1. The lowest BCUT2D eigenvalue weighted by Crippen LogP contribution is -2.55. The Balaban J connectivity index is 0.000000146. The third kappa shape index (κ3) is 26.0. The molecule has 7 aliphatic rings. The number of alkyl halides is 9. The lowest BCUT2D eigenvalue weighted by molar-refractivity contribution is -0.138. The molecule has 8 heterocycles. The van der Waals surface area contributed by atoms with Crippen molar-refractivity contribution in [2.45, 2.75) is 88.4 Å². The molecule has 4 bridgehead atoms. The minimum absolute atomic E-state index is 0.0276. The third-order valence-corrected chi connectivity index (χ3v) is 30.1. The van der Waals surface area contributed by atoms with Gasteiger partial charge in [0.25, 0.3) is 5.88 Å². The van der Waals surface area contributed by atoms with Crippen molar-refractivity contribution in [1.82, 2.24) is 59.6 Å². The van der Waals surface area contributed by atoms with Crippen molar-refractivity contribution in [3.05, 3.63) is 192 Å². The van der Waals surface area contributed by atoms with Gasteiger partial charge >= 0.3 is 18.5 Å². The molecule has 136 heavy (non-hydrogen) atoms. The molecule has 18 rings (SSSR count). The Labute approximate surface area is 786 Å². The number of carbonyl (C=O) groups excluding carboxylic acids is 1. The van der Waals surface area contributed by atoms with Crippen LogP contribution >= 0.6 is 40.2 Å². The van der Waals surface area contributed by atoms with Gasteiger partial charge in [0.15, 0.2) is 28.9 Å². The zero-order valence-electron chi connectivity index (χ0n) is 76.6. The summed E-state index contributed by atoms with van der Waals surface area (Å²) in [4.78, 5) is 60.4. The van der Waals surface area contributed by atoms with Crippen LogP contribution in [0, 0.1) is 17.8 Å². The van der Waals surface area contributed by atoms with Crippen LogP contribution in [0.5, 0.6) is 23.1 Å². The van der Waals surface area contributed by atoms with Crippen LogP contribution in [0.2, 0.25) is 5.02 Å². The largest absolute Gasteiger partial charge is 0.494 e. The second kappa shape index (κ2) is 41.3. The monoisotopic (exact) mass is 1980 g/mol. The number of methoxy groups -OCH3 is 2. The number of nitrogens with zero attached hydrogens (tertiary/aromatic N) is 13. The molecule has 0 unspecified atom stereocenters. The quantitative estimate of drug-likeness (QED) is 0.0150. The van der Waals surface area contributed by atoms with E-state index in [9.17, 15) is 62.6 Å². The summed E-state index contributed by atoms with van der Waals surface area (Å²) in [5.41, 5.74) is 1.75. The highest BCUT2D eigenvalue weighted by Gasteiger charge is 2.52. The minimum atomic E-state index is -4.68. The van der Waals surface area contributed by atoms with E-state index in [1.165, 1.54) is 63.9 Å². The highest BCUT2D eigenvalue weighted by atomic mass is 35.5. The summed E-state index contributed by atoms with van der Waals surface area (Å²) in [6, 6.07) is 38.0. The number of likely N-dealkylation sites (N-methyl/N-ethyl adjacent to an activating group) is 1. The molecule has 4 saturated carbocycles. The van der Waals surface area contributed by atoms with Crippen molar-refractivity contribution in [2.24, 2.45) is 17.8 Å². The van der Waals surface area contributed by atoms with E-state index < -0.39 is 75.4 Å². The number of halogens is 10. The summed E-state index contributed by atoms with van der Waals surface area (Å²) in [6.07, 6.45) is 0.0509. The number of piperidine rings is 1. The summed E-state index contributed by atoms with van der Waals surface area (Å²) in [7, 11) is -4.50. The highest BCUT2D eigenvalue weighted by Crippen LogP contribution is 2.57. The second-order valence-electron chi connectivity index (χ2n) is 35.7. The number of benzene rings is 6. The van der Waals surface area contributed by atoms with Gasteiger partial charge in [-0.3, -0.25) is 9.69 Å². The normalized spacial score (nSPS) is 17.9. The molecule has 0 amide bonds. The van der Waals surface area contributed by atoms with Crippen LogP contribution in [0.15, 0.2) is 164 Å². The van der Waals surface area contributed by atoms with Crippen molar-refractivity contribution in [1.29, 1.82) is 0 Å². The first-order valence-corrected chi connectivity index (χ1v) is 54.3. The maximum Gasteiger partial charge on any atom is 0.421 e. The van der Waals surface area contributed by atoms with Gasteiger partial charge in [-0.15, -0.1) is 0 Å². The van der Waals surface area contributed by atoms with Crippen LogP contribution < -0.4 is 87.7 Å². The number of hydrogen-bond acceptors (Lipinski definition) is 30. The van der Waals surface area contributed by atoms with Crippen LogP contribution in [0.4, 0.5) is 132 Å². The standard InChI is InChI=1S/C28H39ClN9O3P.C23H28F3N4OP.C21H20F3N4O2P.C20H18F3N4O3P/c1-36-12-14-38(15-13-36)19-8-10-37(11-9-19)20-6-7-22(23(16-20)40-2)32-28-31-17-21(29)25(35-28)34-26-27(41-3)33-24(18-30-26)42(4,5)39;1-32(2,31)18-5-3-17(4-6-18)28-21-27-13-19(23(24,25)26)20(29-21)30-22-10-14-7-15(11-22)9-16(8-14)12-22;1-13(29)14-5-4-6-16(11-14)26-19-18(21(22,23)24)12-25-20(28-19)27-15-7-9-17(10-8-15)31(2,3)30;1-31(2,28)14-6-3-12(4-7-14)26-19-24-10-15(20(21,22)23)18(27-19)25-13-5-8-16-17(9-13)30-11-29-16/h6-7,16-19H,8-15H2,1-5H3,(H2,30,31,32,34,35);3-6,13-16H,7-12H2,1-2H3,(H2,27,28,29,30);4-12H,1-3H3,(H2,25,26,27,28);3-10H,11H2,1-2H3,(H2,24,25,26,27). The van der Waals surface area contributed by atoms with Gasteiger partial charge in [0.1, 0.15) is 78.9 Å². The molecule has 8 N–H and O–H groups in total. The third-order valence-electron chi connectivity index (χ3n) is 23.9. The van der Waals surface area contributed by atoms with Crippen LogP contribution in [0.25, 0.3) is 0 Å². The van der Waals surface area contributed by atoms with Gasteiger partial charge in [-0.05, 0) is 246 Å². The maximum atomic E-state index is 13.8. The summed E-state index contributed by atoms with van der Waals surface area (Å²) in [5.74, 6) is 3.36. The van der Waals surface area contributed by atoms with E-state index in [-0.39, 0.29) is 58.4 Å². The van der Waals surface area contributed by atoms with E-state index >= 15 is 0 Å². The Morgan fingerprint density at radius 1 is 0.456 bits per heavy atom. The van der Waals surface area contributed by atoms with Crippen molar-refractivity contribution in [3.8, 4) is 23.1 Å². The Hall–Kier alpha value is -11.7. The van der Waals surface area contributed by atoms with Crippen LogP contribution in [0.1, 0.15) is 85.3 Å². The second-order valence-corrected chi connectivity index (χ2v) is 48.9. The molecule has 44 heteroatoms.